The molecule has 154 valence electrons. The number of hydrogen-bond acceptors (Lipinski definition) is 4. The van der Waals surface area contributed by atoms with E-state index in [0.717, 1.165) is 6.08 Å². The summed E-state index contributed by atoms with van der Waals surface area (Å²) in [5.74, 6) is -1.22. The minimum Gasteiger partial charge on any atom is -0.492 e. The first-order chi connectivity index (χ1) is 13.5. The molecule has 0 aromatic heterocycles. The molecule has 1 N–H and O–H groups in total. The molecule has 3 rings (SSSR count). The van der Waals surface area contributed by atoms with Gasteiger partial charge in [-0.2, -0.15) is 13.2 Å². The molecule has 0 spiro atoms. The second kappa shape index (κ2) is 7.68. The summed E-state index contributed by atoms with van der Waals surface area (Å²) < 4.78 is 56.0. The Labute approximate surface area is 173 Å². The van der Waals surface area contributed by atoms with Crippen molar-refractivity contribution in [3.8, 4) is 23.0 Å². The van der Waals surface area contributed by atoms with Crippen molar-refractivity contribution in [3.63, 3.8) is 0 Å². The summed E-state index contributed by atoms with van der Waals surface area (Å²) in [5.41, 5.74) is -1.02. The topological polar surface area (TPSA) is 65.0 Å². The number of aliphatic carboxylic acids is 1. The van der Waals surface area contributed by atoms with Crippen LogP contribution in [0.3, 0.4) is 0 Å². The summed E-state index contributed by atoms with van der Waals surface area (Å²) in [6.07, 6.45) is -4.35. The minimum absolute atomic E-state index is 0.111. The van der Waals surface area contributed by atoms with Gasteiger partial charge in [0.1, 0.15) is 28.6 Å². The monoisotopic (exact) mass is 448 g/mol. The standard InChI is InChI=1S/C19H13Cl2F3O5/c1-2-27-15-6-5-11(8-14(15)20)28-12-4-3-10-7-13(17(25)26)18(21,19(22,23)24)29-16(10)9-12/h3-9H,2H2,1H3,(H,25,26). The minimum atomic E-state index is -5.17. The van der Waals surface area contributed by atoms with Crippen molar-refractivity contribution in [2.24, 2.45) is 0 Å². The second-order valence-electron chi connectivity index (χ2n) is 5.89. The SMILES string of the molecule is CCOc1ccc(Oc2ccc3c(c2)OC(Cl)(C(F)(F)F)C(C(=O)O)=C3)cc1Cl. The van der Waals surface area contributed by atoms with Crippen LogP contribution in [0.4, 0.5) is 13.2 Å². The third kappa shape index (κ3) is 4.09. The summed E-state index contributed by atoms with van der Waals surface area (Å²) in [6, 6.07) is 8.62. The van der Waals surface area contributed by atoms with Gasteiger partial charge in [0.2, 0.25) is 0 Å². The Morgan fingerprint density at radius 3 is 2.45 bits per heavy atom. The highest BCUT2D eigenvalue weighted by atomic mass is 35.5. The molecule has 1 atom stereocenters. The molecular weight excluding hydrogens is 436 g/mol. The molecule has 1 heterocycles. The van der Waals surface area contributed by atoms with Crippen LogP contribution < -0.4 is 14.2 Å². The van der Waals surface area contributed by atoms with Gasteiger partial charge in [0.05, 0.1) is 11.6 Å². The Kier molecular flexibility index (Phi) is 5.60. The molecule has 1 unspecified atom stereocenters. The molecule has 10 heteroatoms. The zero-order valence-corrected chi connectivity index (χ0v) is 16.2. The Morgan fingerprint density at radius 1 is 1.21 bits per heavy atom. The molecule has 0 radical (unpaired) electrons. The largest absolute Gasteiger partial charge is 0.492 e. The van der Waals surface area contributed by atoms with Gasteiger partial charge in [-0.05, 0) is 37.3 Å². The Morgan fingerprint density at radius 2 is 1.86 bits per heavy atom. The van der Waals surface area contributed by atoms with E-state index in [1.807, 2.05) is 0 Å². The van der Waals surface area contributed by atoms with Gasteiger partial charge >= 0.3 is 17.2 Å². The third-order valence-corrected chi connectivity index (χ3v) is 4.71. The number of alkyl halides is 4. The van der Waals surface area contributed by atoms with Crippen molar-refractivity contribution in [3.05, 3.63) is 52.6 Å². The van der Waals surface area contributed by atoms with Crippen LogP contribution in [-0.2, 0) is 4.79 Å². The summed E-state index contributed by atoms with van der Waals surface area (Å²) in [4.78, 5) is 11.3. The van der Waals surface area contributed by atoms with Crippen LogP contribution in [0.1, 0.15) is 12.5 Å². The fourth-order valence-electron chi connectivity index (χ4n) is 2.60. The maximum absolute atomic E-state index is 13.4. The predicted octanol–water partition coefficient (Wildman–Crippen LogP) is 5.89. The molecule has 0 aliphatic carbocycles. The van der Waals surface area contributed by atoms with Crippen LogP contribution in [0.25, 0.3) is 6.08 Å². The van der Waals surface area contributed by atoms with Crippen LogP contribution in [0, 0.1) is 0 Å². The first-order valence-electron chi connectivity index (χ1n) is 8.19. The summed E-state index contributed by atoms with van der Waals surface area (Å²) >= 11 is 11.6. The molecular formula is C19H13Cl2F3O5. The number of halogens is 5. The van der Waals surface area contributed by atoms with E-state index in [1.165, 1.54) is 24.3 Å². The highest BCUT2D eigenvalue weighted by molar-refractivity contribution is 6.32. The maximum atomic E-state index is 13.4. The van der Waals surface area contributed by atoms with E-state index in [0.29, 0.717) is 23.1 Å². The molecule has 0 bridgehead atoms. The molecule has 2 aromatic carbocycles. The van der Waals surface area contributed by atoms with E-state index in [9.17, 15) is 18.0 Å². The maximum Gasteiger partial charge on any atom is 0.448 e. The molecule has 1 aliphatic rings. The summed E-state index contributed by atoms with van der Waals surface area (Å²) in [5, 5.41) is 5.89. The number of benzene rings is 2. The van der Waals surface area contributed by atoms with Gasteiger partial charge in [-0.25, -0.2) is 4.79 Å². The lowest BCUT2D eigenvalue weighted by molar-refractivity contribution is -0.204. The van der Waals surface area contributed by atoms with Crippen LogP contribution in [-0.4, -0.2) is 28.9 Å². The lowest BCUT2D eigenvalue weighted by Gasteiger charge is -2.34. The molecule has 0 saturated carbocycles. The molecule has 0 saturated heterocycles. The molecule has 5 nitrogen and oxygen atoms in total. The van der Waals surface area contributed by atoms with Crippen molar-refractivity contribution < 1.29 is 37.3 Å². The number of carbonyl (C=O) groups is 1. The predicted molar refractivity (Wildman–Crippen MR) is 100 cm³/mol. The smallest absolute Gasteiger partial charge is 0.448 e. The van der Waals surface area contributed by atoms with Crippen molar-refractivity contribution in [2.45, 2.75) is 18.2 Å². The van der Waals surface area contributed by atoms with Crippen molar-refractivity contribution in [2.75, 3.05) is 6.61 Å². The molecule has 0 amide bonds. The molecule has 0 fully saturated rings. The van der Waals surface area contributed by atoms with Crippen molar-refractivity contribution >= 4 is 35.2 Å². The van der Waals surface area contributed by atoms with Crippen molar-refractivity contribution in [1.82, 2.24) is 0 Å². The van der Waals surface area contributed by atoms with Gasteiger partial charge in [0, 0.05) is 17.7 Å². The molecule has 2 aromatic rings. The zero-order chi connectivity index (χ0) is 21.4. The van der Waals surface area contributed by atoms with E-state index in [-0.39, 0.29) is 17.1 Å². The van der Waals surface area contributed by atoms with Gasteiger partial charge in [0.25, 0.3) is 0 Å². The lowest BCUT2D eigenvalue weighted by atomic mass is 10.0. The molecule has 29 heavy (non-hydrogen) atoms. The van der Waals surface area contributed by atoms with E-state index in [4.69, 9.17) is 42.5 Å². The van der Waals surface area contributed by atoms with Crippen LogP contribution in [0.2, 0.25) is 5.02 Å². The normalized spacial score (nSPS) is 18.3. The highest BCUT2D eigenvalue weighted by Crippen LogP contribution is 2.48. The quantitative estimate of drug-likeness (QED) is 0.577. The third-order valence-electron chi connectivity index (χ3n) is 3.92. The van der Waals surface area contributed by atoms with E-state index in [2.05, 4.69) is 0 Å². The van der Waals surface area contributed by atoms with Gasteiger partial charge in [0.15, 0.2) is 0 Å². The Hall–Kier alpha value is -2.58. The van der Waals surface area contributed by atoms with Crippen LogP contribution in [0.15, 0.2) is 42.0 Å². The lowest BCUT2D eigenvalue weighted by Crippen LogP contribution is -2.50. The van der Waals surface area contributed by atoms with Crippen LogP contribution in [0.5, 0.6) is 23.0 Å². The van der Waals surface area contributed by atoms with Gasteiger partial charge < -0.3 is 19.3 Å². The fraction of sp³-hybridized carbons (Fsp3) is 0.211. The van der Waals surface area contributed by atoms with Gasteiger partial charge in [-0.15, -0.1) is 0 Å². The second-order valence-corrected chi connectivity index (χ2v) is 6.82. The number of hydrogen-bond donors (Lipinski definition) is 1. The number of ether oxygens (including phenoxy) is 3. The van der Waals surface area contributed by atoms with Crippen LogP contribution >= 0.6 is 23.2 Å². The number of rotatable bonds is 5. The highest BCUT2D eigenvalue weighted by Gasteiger charge is 2.62. The number of fused-ring (bicyclic) bond motifs is 1. The summed E-state index contributed by atoms with van der Waals surface area (Å²) in [6.45, 7) is 2.23. The van der Waals surface area contributed by atoms with Gasteiger partial charge in [-0.3, -0.25) is 0 Å². The Bertz CT molecular complexity index is 990. The van der Waals surface area contributed by atoms with E-state index in [1.54, 1.807) is 19.1 Å². The van der Waals surface area contributed by atoms with Gasteiger partial charge in [-0.1, -0.05) is 23.2 Å². The van der Waals surface area contributed by atoms with Crippen molar-refractivity contribution in [1.29, 1.82) is 0 Å². The van der Waals surface area contributed by atoms with E-state index < -0.39 is 22.8 Å². The first kappa shape index (κ1) is 21.1. The summed E-state index contributed by atoms with van der Waals surface area (Å²) in [7, 11) is 0. The average molecular weight is 449 g/mol. The Balaban J connectivity index is 1.94. The number of carboxylic acids is 1. The zero-order valence-electron chi connectivity index (χ0n) is 14.7. The van der Waals surface area contributed by atoms with E-state index >= 15 is 0 Å². The number of carboxylic acid groups (broad SMARTS) is 1. The average Bonchev–Trinajstić information content (AvgIpc) is 2.62. The molecule has 1 aliphatic heterocycles. The fourth-order valence-corrected chi connectivity index (χ4v) is 3.05. The first-order valence-corrected chi connectivity index (χ1v) is 8.95.